The first-order valence-corrected chi connectivity index (χ1v) is 11.9. The lowest BCUT2D eigenvalue weighted by Gasteiger charge is -2.21. The van der Waals surface area contributed by atoms with Crippen molar-refractivity contribution in [3.63, 3.8) is 0 Å². The van der Waals surface area contributed by atoms with Crippen LogP contribution in [0.4, 0.5) is 0 Å². The van der Waals surface area contributed by atoms with Gasteiger partial charge in [-0.25, -0.2) is 4.98 Å². The molecule has 1 unspecified atom stereocenters. The van der Waals surface area contributed by atoms with E-state index in [1.165, 1.54) is 32.1 Å². The molecule has 1 N–H and O–H groups in total. The number of amides is 1. The van der Waals surface area contributed by atoms with Crippen LogP contribution in [0, 0.1) is 5.92 Å². The van der Waals surface area contributed by atoms with E-state index in [0.717, 1.165) is 12.0 Å². The molecule has 168 valence electrons. The number of nitrogens with one attached hydrogen (secondary N) is 1. The molecule has 0 saturated heterocycles. The van der Waals surface area contributed by atoms with Gasteiger partial charge in [0.25, 0.3) is 5.89 Å². The van der Waals surface area contributed by atoms with Crippen LogP contribution in [0.15, 0.2) is 52.9 Å². The first kappa shape index (κ1) is 22.5. The predicted molar refractivity (Wildman–Crippen MR) is 126 cm³/mol. The van der Waals surface area contributed by atoms with Gasteiger partial charge in [-0.2, -0.15) is 0 Å². The van der Waals surface area contributed by atoms with Crippen LogP contribution in [0.3, 0.4) is 0 Å². The van der Waals surface area contributed by atoms with E-state index in [0.29, 0.717) is 41.4 Å². The van der Waals surface area contributed by atoms with Gasteiger partial charge in [0.1, 0.15) is 5.52 Å². The maximum absolute atomic E-state index is 13.3. The minimum atomic E-state index is -0.446. The summed E-state index contributed by atoms with van der Waals surface area (Å²) < 4.78 is 5.71. The number of halogens is 1. The molecule has 6 heteroatoms. The molecule has 0 aliphatic heterocycles. The van der Waals surface area contributed by atoms with Crippen LogP contribution in [0.25, 0.3) is 11.1 Å². The van der Waals surface area contributed by atoms with Gasteiger partial charge in [-0.05, 0) is 42.5 Å². The van der Waals surface area contributed by atoms with Crippen molar-refractivity contribution in [2.75, 3.05) is 6.54 Å². The Bertz CT molecular complexity index is 1060. The highest BCUT2D eigenvalue weighted by Crippen LogP contribution is 2.28. The lowest BCUT2D eigenvalue weighted by molar-refractivity contribution is -0.121. The Morgan fingerprint density at radius 1 is 1.09 bits per heavy atom. The number of hydrogen-bond acceptors (Lipinski definition) is 4. The van der Waals surface area contributed by atoms with Gasteiger partial charge >= 0.3 is 0 Å². The summed E-state index contributed by atoms with van der Waals surface area (Å²) in [7, 11) is 0. The molecule has 32 heavy (non-hydrogen) atoms. The molecule has 0 spiro atoms. The molecule has 1 saturated carbocycles. The van der Waals surface area contributed by atoms with Gasteiger partial charge in [0.15, 0.2) is 5.58 Å². The molecule has 1 heterocycles. The monoisotopic (exact) mass is 452 g/mol. The van der Waals surface area contributed by atoms with Gasteiger partial charge in [0.05, 0.1) is 5.92 Å². The van der Waals surface area contributed by atoms with Gasteiger partial charge in [0.2, 0.25) is 11.7 Å². The molecule has 3 aromatic rings. The summed E-state index contributed by atoms with van der Waals surface area (Å²) >= 11 is 6.03. The van der Waals surface area contributed by atoms with Crippen molar-refractivity contribution in [1.29, 1.82) is 0 Å². The van der Waals surface area contributed by atoms with E-state index in [9.17, 15) is 9.59 Å². The van der Waals surface area contributed by atoms with Gasteiger partial charge in [0, 0.05) is 18.0 Å². The molecule has 1 aliphatic carbocycles. The molecule has 1 aromatic heterocycles. The van der Waals surface area contributed by atoms with Crippen molar-refractivity contribution in [3.8, 4) is 0 Å². The van der Waals surface area contributed by atoms with E-state index in [4.69, 9.17) is 16.0 Å². The standard InChI is InChI=1S/C26H29ClN2O3/c27-20-12-13-23-22(17-20)29-26(32-23)25(31)21(19-9-5-2-6-10-19)15-16-28-24(30)14-11-18-7-3-1-4-8-18/h2,5-6,9-10,12-13,17-18,21H,1,3-4,7-8,11,14-16H2,(H,28,30). The van der Waals surface area contributed by atoms with Crippen molar-refractivity contribution in [3.05, 3.63) is 65.0 Å². The van der Waals surface area contributed by atoms with E-state index >= 15 is 0 Å². The number of Topliss-reactive ketones (excluding diaryl/α,β-unsaturated/α-hetero) is 1. The number of benzene rings is 2. The quantitative estimate of drug-likeness (QED) is 0.386. The van der Waals surface area contributed by atoms with Crippen molar-refractivity contribution < 1.29 is 14.0 Å². The molecule has 1 aliphatic rings. The number of ketones is 1. The van der Waals surface area contributed by atoms with Crippen LogP contribution >= 0.6 is 11.6 Å². The Kier molecular flexibility index (Phi) is 7.59. The van der Waals surface area contributed by atoms with Gasteiger partial charge in [-0.15, -0.1) is 0 Å². The van der Waals surface area contributed by atoms with E-state index in [1.54, 1.807) is 18.2 Å². The molecule has 1 fully saturated rings. The van der Waals surface area contributed by atoms with Gasteiger partial charge < -0.3 is 9.73 Å². The smallest absolute Gasteiger partial charge is 0.264 e. The maximum Gasteiger partial charge on any atom is 0.264 e. The van der Waals surface area contributed by atoms with E-state index in [1.807, 2.05) is 30.3 Å². The Labute approximate surface area is 193 Å². The molecular formula is C26H29ClN2O3. The second-order valence-corrected chi connectivity index (χ2v) is 9.08. The average molecular weight is 453 g/mol. The predicted octanol–water partition coefficient (Wildman–Crippen LogP) is 6.31. The third-order valence-electron chi connectivity index (χ3n) is 6.34. The number of nitrogens with zero attached hydrogens (tertiary/aromatic N) is 1. The fraction of sp³-hybridized carbons (Fsp3) is 0.423. The summed E-state index contributed by atoms with van der Waals surface area (Å²) in [4.78, 5) is 30.0. The van der Waals surface area contributed by atoms with E-state index in [-0.39, 0.29) is 17.6 Å². The number of aromatic nitrogens is 1. The number of oxazole rings is 1. The zero-order valence-electron chi connectivity index (χ0n) is 18.2. The van der Waals surface area contributed by atoms with Crippen LogP contribution < -0.4 is 5.32 Å². The summed E-state index contributed by atoms with van der Waals surface area (Å²) in [6.45, 7) is 0.431. The number of fused-ring (bicyclic) bond motifs is 1. The fourth-order valence-corrected chi connectivity index (χ4v) is 4.71. The van der Waals surface area contributed by atoms with E-state index in [2.05, 4.69) is 10.3 Å². The van der Waals surface area contributed by atoms with Crippen LogP contribution in [0.5, 0.6) is 0 Å². The summed E-state index contributed by atoms with van der Waals surface area (Å²) in [5.41, 5.74) is 1.97. The minimum Gasteiger partial charge on any atom is -0.434 e. The number of hydrogen-bond donors (Lipinski definition) is 1. The lowest BCUT2D eigenvalue weighted by atomic mass is 9.86. The van der Waals surface area contributed by atoms with Crippen molar-refractivity contribution in [2.45, 2.75) is 57.3 Å². The summed E-state index contributed by atoms with van der Waals surface area (Å²) in [6, 6.07) is 14.7. The molecule has 0 radical (unpaired) electrons. The van der Waals surface area contributed by atoms with Crippen LogP contribution in [-0.4, -0.2) is 23.2 Å². The molecule has 0 bridgehead atoms. The van der Waals surface area contributed by atoms with Gasteiger partial charge in [-0.1, -0.05) is 74.0 Å². The highest BCUT2D eigenvalue weighted by atomic mass is 35.5. The minimum absolute atomic E-state index is 0.0614. The first-order chi connectivity index (χ1) is 15.6. The van der Waals surface area contributed by atoms with E-state index < -0.39 is 5.92 Å². The summed E-state index contributed by atoms with van der Waals surface area (Å²) in [5.74, 6) is 0.172. The van der Waals surface area contributed by atoms with Crippen LogP contribution in [0.2, 0.25) is 5.02 Å². The molecular weight excluding hydrogens is 424 g/mol. The fourth-order valence-electron chi connectivity index (χ4n) is 4.54. The second-order valence-electron chi connectivity index (χ2n) is 8.64. The third-order valence-corrected chi connectivity index (χ3v) is 6.57. The van der Waals surface area contributed by atoms with Crippen LogP contribution in [-0.2, 0) is 4.79 Å². The molecule has 1 amide bonds. The zero-order chi connectivity index (χ0) is 22.3. The zero-order valence-corrected chi connectivity index (χ0v) is 18.9. The van der Waals surface area contributed by atoms with Crippen molar-refractivity contribution in [1.82, 2.24) is 10.3 Å². The lowest BCUT2D eigenvalue weighted by Crippen LogP contribution is -2.27. The summed E-state index contributed by atoms with van der Waals surface area (Å²) in [5, 5.41) is 3.55. The Balaban J connectivity index is 1.39. The highest BCUT2D eigenvalue weighted by molar-refractivity contribution is 6.31. The largest absolute Gasteiger partial charge is 0.434 e. The normalized spacial score (nSPS) is 15.5. The second kappa shape index (κ2) is 10.8. The number of carbonyl (C=O) groups is 2. The Morgan fingerprint density at radius 2 is 1.88 bits per heavy atom. The van der Waals surface area contributed by atoms with Gasteiger partial charge in [-0.3, -0.25) is 9.59 Å². The molecule has 4 rings (SSSR count). The number of rotatable bonds is 9. The molecule has 1 atom stereocenters. The molecule has 5 nitrogen and oxygen atoms in total. The Hall–Kier alpha value is -2.66. The Morgan fingerprint density at radius 3 is 2.66 bits per heavy atom. The SMILES string of the molecule is O=C(CCC1CCCCC1)NCCC(C(=O)c1nc2cc(Cl)ccc2o1)c1ccccc1. The maximum atomic E-state index is 13.3. The molecule has 2 aromatic carbocycles. The number of carbonyl (C=O) groups excluding carboxylic acids is 2. The highest BCUT2D eigenvalue weighted by Gasteiger charge is 2.26. The first-order valence-electron chi connectivity index (χ1n) is 11.5. The topological polar surface area (TPSA) is 72.2 Å². The van der Waals surface area contributed by atoms with Crippen LogP contribution in [0.1, 0.15) is 73.5 Å². The third kappa shape index (κ3) is 5.77. The van der Waals surface area contributed by atoms with Crippen molar-refractivity contribution >= 4 is 34.4 Å². The summed E-state index contributed by atoms with van der Waals surface area (Å²) in [6.07, 6.45) is 8.38. The average Bonchev–Trinajstić information content (AvgIpc) is 3.24. The van der Waals surface area contributed by atoms with Crippen molar-refractivity contribution in [2.24, 2.45) is 5.92 Å².